The van der Waals surface area contributed by atoms with Crippen molar-refractivity contribution in [3.05, 3.63) is 122 Å². The lowest BCUT2D eigenvalue weighted by molar-refractivity contribution is 0.670. The molecule has 38 heavy (non-hydrogen) atoms. The molecule has 0 spiro atoms. The molecule has 0 aliphatic heterocycles. The van der Waals surface area contributed by atoms with Gasteiger partial charge in [-0.1, -0.05) is 66.7 Å². The molecule has 3 aromatic heterocycles. The minimum absolute atomic E-state index is 0.589. The van der Waals surface area contributed by atoms with Crippen LogP contribution in [0.5, 0.6) is 0 Å². The Balaban J connectivity index is 1.36. The Morgan fingerprint density at radius 3 is 2.24 bits per heavy atom. The number of imidazole rings is 1. The number of fused-ring (bicyclic) bond motifs is 5. The molecule has 0 unspecified atom stereocenters. The molecule has 0 saturated heterocycles. The number of para-hydroxylation sites is 3. The van der Waals surface area contributed by atoms with E-state index in [1.54, 1.807) is 12.4 Å². The smallest absolute Gasteiger partial charge is 0.196 e. The third-order valence-corrected chi connectivity index (χ3v) is 7.13. The Labute approximate surface area is 217 Å². The molecule has 8 aromatic rings. The summed E-state index contributed by atoms with van der Waals surface area (Å²) < 4.78 is 8.57. The van der Waals surface area contributed by atoms with Gasteiger partial charge in [0.25, 0.3) is 0 Å². The van der Waals surface area contributed by atoms with Crippen molar-refractivity contribution in [2.75, 3.05) is 0 Å². The number of aromatic nitrogens is 4. The molecule has 0 radical (unpaired) electrons. The van der Waals surface area contributed by atoms with Crippen molar-refractivity contribution in [1.29, 1.82) is 0 Å². The monoisotopic (exact) mass is 488 g/mol. The number of rotatable bonds is 3. The van der Waals surface area contributed by atoms with Gasteiger partial charge in [-0.3, -0.25) is 4.57 Å². The van der Waals surface area contributed by atoms with Crippen molar-refractivity contribution in [2.24, 2.45) is 0 Å². The molecule has 0 fully saturated rings. The first-order valence-electron chi connectivity index (χ1n) is 12.5. The van der Waals surface area contributed by atoms with Crippen molar-refractivity contribution in [2.45, 2.75) is 0 Å². The summed E-state index contributed by atoms with van der Waals surface area (Å²) in [5, 5.41) is 4.61. The van der Waals surface area contributed by atoms with Gasteiger partial charge >= 0.3 is 0 Å². The molecule has 3 heterocycles. The summed E-state index contributed by atoms with van der Waals surface area (Å²) in [6.07, 6.45) is 3.49. The fourth-order valence-electron chi connectivity index (χ4n) is 5.44. The average molecular weight is 489 g/mol. The first-order chi connectivity index (χ1) is 18.8. The lowest BCUT2D eigenvalue weighted by Gasteiger charge is -2.12. The molecule has 0 atom stereocenters. The Kier molecular flexibility index (Phi) is 4.45. The van der Waals surface area contributed by atoms with E-state index in [2.05, 4.69) is 87.3 Å². The first-order valence-corrected chi connectivity index (χ1v) is 12.5. The van der Waals surface area contributed by atoms with Gasteiger partial charge in [0.1, 0.15) is 11.2 Å². The maximum atomic E-state index is 6.45. The summed E-state index contributed by atoms with van der Waals surface area (Å²) in [6, 6.07) is 37.5. The zero-order valence-corrected chi connectivity index (χ0v) is 20.2. The minimum Gasteiger partial charge on any atom is -0.455 e. The van der Waals surface area contributed by atoms with Gasteiger partial charge in [-0.25, -0.2) is 15.0 Å². The summed E-state index contributed by atoms with van der Waals surface area (Å²) >= 11 is 0. The van der Waals surface area contributed by atoms with E-state index in [1.165, 1.54) is 10.8 Å². The molecule has 5 aromatic carbocycles. The standard InChI is InChI=1S/C33H20N4O/c1-2-9-24-22(8-1)20-26-25-10-3-6-13-29(25)38-31(26)30(24)21-14-16-23(17-15-21)37-28-12-5-4-11-27(28)36-33(37)32-34-18-7-19-35-32/h1-20H. The van der Waals surface area contributed by atoms with E-state index in [0.717, 1.165) is 49.8 Å². The summed E-state index contributed by atoms with van der Waals surface area (Å²) in [5.74, 6) is 1.30. The molecule has 5 heteroatoms. The van der Waals surface area contributed by atoms with Gasteiger partial charge in [-0.2, -0.15) is 0 Å². The Hall–Kier alpha value is -5.29. The summed E-state index contributed by atoms with van der Waals surface area (Å²) in [4.78, 5) is 13.8. The fraction of sp³-hybridized carbons (Fsp3) is 0. The summed E-state index contributed by atoms with van der Waals surface area (Å²) in [5.41, 5.74) is 6.90. The number of nitrogens with zero attached hydrogens (tertiary/aromatic N) is 4. The quantitative estimate of drug-likeness (QED) is 0.251. The van der Waals surface area contributed by atoms with Gasteiger partial charge in [0.15, 0.2) is 11.6 Å². The van der Waals surface area contributed by atoms with E-state index in [9.17, 15) is 0 Å². The van der Waals surface area contributed by atoms with Crippen LogP contribution in [0.2, 0.25) is 0 Å². The van der Waals surface area contributed by atoms with E-state index in [-0.39, 0.29) is 0 Å². The van der Waals surface area contributed by atoms with Crippen LogP contribution < -0.4 is 0 Å². The zero-order valence-electron chi connectivity index (χ0n) is 20.2. The number of hydrogen-bond acceptors (Lipinski definition) is 4. The average Bonchev–Trinajstić information content (AvgIpc) is 3.55. The van der Waals surface area contributed by atoms with Gasteiger partial charge < -0.3 is 4.42 Å². The van der Waals surface area contributed by atoms with Crippen molar-refractivity contribution >= 4 is 43.7 Å². The van der Waals surface area contributed by atoms with Crippen LogP contribution in [-0.2, 0) is 0 Å². The van der Waals surface area contributed by atoms with Crippen LogP contribution in [0, 0.1) is 0 Å². The molecule has 0 aliphatic rings. The molecular weight excluding hydrogens is 468 g/mol. The van der Waals surface area contributed by atoms with E-state index in [4.69, 9.17) is 9.40 Å². The van der Waals surface area contributed by atoms with E-state index in [0.29, 0.717) is 11.6 Å². The van der Waals surface area contributed by atoms with Crippen LogP contribution in [0.15, 0.2) is 126 Å². The summed E-state index contributed by atoms with van der Waals surface area (Å²) in [6.45, 7) is 0. The van der Waals surface area contributed by atoms with Crippen LogP contribution in [0.3, 0.4) is 0 Å². The predicted octanol–water partition coefficient (Wildman–Crippen LogP) is 8.20. The van der Waals surface area contributed by atoms with Crippen molar-refractivity contribution < 1.29 is 4.42 Å². The van der Waals surface area contributed by atoms with Crippen LogP contribution in [-0.4, -0.2) is 19.5 Å². The highest BCUT2D eigenvalue weighted by Crippen LogP contribution is 2.41. The second-order valence-electron chi connectivity index (χ2n) is 9.33. The predicted molar refractivity (Wildman–Crippen MR) is 152 cm³/mol. The minimum atomic E-state index is 0.589. The van der Waals surface area contributed by atoms with Crippen LogP contribution in [0.25, 0.3) is 72.2 Å². The van der Waals surface area contributed by atoms with Crippen molar-refractivity contribution in [3.63, 3.8) is 0 Å². The topological polar surface area (TPSA) is 56.7 Å². The van der Waals surface area contributed by atoms with E-state index < -0.39 is 0 Å². The van der Waals surface area contributed by atoms with Crippen LogP contribution in [0.4, 0.5) is 0 Å². The third-order valence-electron chi connectivity index (χ3n) is 7.13. The lowest BCUT2D eigenvalue weighted by atomic mass is 9.95. The number of furan rings is 1. The van der Waals surface area contributed by atoms with E-state index in [1.807, 2.05) is 36.4 Å². The number of hydrogen-bond donors (Lipinski definition) is 0. The largest absolute Gasteiger partial charge is 0.455 e. The lowest BCUT2D eigenvalue weighted by Crippen LogP contribution is -2.00. The highest BCUT2D eigenvalue weighted by atomic mass is 16.3. The second kappa shape index (κ2) is 8.11. The molecule has 0 saturated carbocycles. The van der Waals surface area contributed by atoms with E-state index >= 15 is 0 Å². The van der Waals surface area contributed by atoms with Crippen molar-refractivity contribution in [1.82, 2.24) is 19.5 Å². The Morgan fingerprint density at radius 2 is 1.37 bits per heavy atom. The van der Waals surface area contributed by atoms with Gasteiger partial charge in [0.2, 0.25) is 0 Å². The van der Waals surface area contributed by atoms with Gasteiger partial charge in [0, 0.05) is 34.4 Å². The molecular formula is C33H20N4O. The third kappa shape index (κ3) is 3.09. The van der Waals surface area contributed by atoms with Crippen molar-refractivity contribution in [3.8, 4) is 28.5 Å². The van der Waals surface area contributed by atoms with Gasteiger partial charge in [0.05, 0.1) is 11.0 Å². The molecule has 5 nitrogen and oxygen atoms in total. The van der Waals surface area contributed by atoms with Gasteiger partial charge in [-0.15, -0.1) is 0 Å². The molecule has 178 valence electrons. The van der Waals surface area contributed by atoms with Crippen LogP contribution in [0.1, 0.15) is 0 Å². The Morgan fingerprint density at radius 1 is 0.632 bits per heavy atom. The highest BCUT2D eigenvalue weighted by molar-refractivity contribution is 6.18. The molecule has 8 rings (SSSR count). The number of benzene rings is 5. The molecule has 0 N–H and O–H groups in total. The molecule has 0 bridgehead atoms. The normalized spacial score (nSPS) is 11.7. The molecule has 0 aliphatic carbocycles. The first kappa shape index (κ1) is 20.9. The maximum absolute atomic E-state index is 6.45. The fourth-order valence-corrected chi connectivity index (χ4v) is 5.44. The molecule has 0 amide bonds. The second-order valence-corrected chi connectivity index (χ2v) is 9.33. The van der Waals surface area contributed by atoms with Gasteiger partial charge in [-0.05, 0) is 58.8 Å². The van der Waals surface area contributed by atoms with Crippen LogP contribution >= 0.6 is 0 Å². The highest BCUT2D eigenvalue weighted by Gasteiger charge is 2.18. The Bertz CT molecular complexity index is 2120. The maximum Gasteiger partial charge on any atom is 0.196 e. The summed E-state index contributed by atoms with van der Waals surface area (Å²) in [7, 11) is 0. The SMILES string of the molecule is c1cnc(-c2nc3ccccc3n2-c2ccc(-c3c4ccccc4cc4c3oc3ccccc34)cc2)nc1. The zero-order chi connectivity index (χ0) is 25.1.